The van der Waals surface area contributed by atoms with Gasteiger partial charge in [-0.25, -0.2) is 4.79 Å². The topological polar surface area (TPSA) is 98.2 Å². The van der Waals surface area contributed by atoms with Crippen molar-refractivity contribution in [3.8, 4) is 11.5 Å². The van der Waals surface area contributed by atoms with Crippen molar-refractivity contribution in [2.75, 3.05) is 12.0 Å². The highest BCUT2D eigenvalue weighted by Gasteiger charge is 2.32. The zero-order chi connectivity index (χ0) is 25.1. The fourth-order valence-corrected chi connectivity index (χ4v) is 5.04. The maximum atomic E-state index is 12.8. The van der Waals surface area contributed by atoms with Crippen molar-refractivity contribution in [3.05, 3.63) is 114 Å². The van der Waals surface area contributed by atoms with Gasteiger partial charge in [-0.3, -0.25) is 4.98 Å². The molecule has 9 heteroatoms. The lowest BCUT2D eigenvalue weighted by Crippen LogP contribution is -2.30. The van der Waals surface area contributed by atoms with Crippen molar-refractivity contribution in [1.29, 1.82) is 0 Å². The third-order valence-corrected chi connectivity index (χ3v) is 6.95. The summed E-state index contributed by atoms with van der Waals surface area (Å²) in [6, 6.07) is 24.3. The highest BCUT2D eigenvalue weighted by Crippen LogP contribution is 2.32. The van der Waals surface area contributed by atoms with Gasteiger partial charge in [0.05, 0.1) is 12.7 Å². The number of esters is 1. The van der Waals surface area contributed by atoms with Crippen LogP contribution in [0.25, 0.3) is 0 Å². The number of anilines is 1. The van der Waals surface area contributed by atoms with Crippen molar-refractivity contribution in [2.24, 2.45) is 4.40 Å². The zero-order valence-corrected chi connectivity index (χ0v) is 20.1. The number of rotatable bonds is 6. The van der Waals surface area contributed by atoms with Crippen LogP contribution in [0.1, 0.15) is 21.5 Å². The second kappa shape index (κ2) is 9.63. The average molecular weight is 500 g/mol. The standard InChI is InChI=1S/C27H21N3O5S/c1-34-22-12-8-19(9-13-22)18-30(26-24-6-2-3-7-25(24)36(32,33)29-26)21-10-14-23(15-11-21)35-27(31)20-5-4-16-28-17-20/h2-17H,18H2,1H3. The molecule has 0 fully saturated rings. The van der Waals surface area contributed by atoms with Crippen LogP contribution in [0.4, 0.5) is 5.69 Å². The highest BCUT2D eigenvalue weighted by molar-refractivity contribution is 7.90. The first kappa shape index (κ1) is 23.3. The van der Waals surface area contributed by atoms with E-state index in [0.717, 1.165) is 11.3 Å². The maximum absolute atomic E-state index is 12.8. The number of aromatic nitrogens is 1. The van der Waals surface area contributed by atoms with Crippen LogP contribution in [-0.4, -0.2) is 32.3 Å². The number of pyridine rings is 1. The average Bonchev–Trinajstić information content (AvgIpc) is 3.19. The number of nitrogens with zero attached hydrogens (tertiary/aromatic N) is 3. The Hall–Kier alpha value is -4.50. The fraction of sp³-hybridized carbons (Fsp3) is 0.0741. The lowest BCUT2D eigenvalue weighted by molar-refractivity contribution is 0.0734. The molecular formula is C27H21N3O5S. The monoisotopic (exact) mass is 499 g/mol. The molecule has 0 spiro atoms. The van der Waals surface area contributed by atoms with E-state index in [2.05, 4.69) is 9.38 Å². The molecule has 0 radical (unpaired) electrons. The summed E-state index contributed by atoms with van der Waals surface area (Å²) in [6.07, 6.45) is 3.01. The summed E-state index contributed by atoms with van der Waals surface area (Å²) in [7, 11) is -2.22. The molecule has 180 valence electrons. The third kappa shape index (κ3) is 4.69. The van der Waals surface area contributed by atoms with Crippen LogP contribution in [0.3, 0.4) is 0 Å². The van der Waals surface area contributed by atoms with E-state index in [0.29, 0.717) is 34.9 Å². The number of methoxy groups -OCH3 is 1. The molecule has 2 heterocycles. The molecule has 3 aromatic carbocycles. The Balaban J connectivity index is 1.48. The zero-order valence-electron chi connectivity index (χ0n) is 19.2. The Labute approximate surface area is 208 Å². The Morgan fingerprint density at radius 3 is 2.31 bits per heavy atom. The van der Waals surface area contributed by atoms with Gasteiger partial charge in [0.1, 0.15) is 16.4 Å². The summed E-state index contributed by atoms with van der Waals surface area (Å²) >= 11 is 0. The van der Waals surface area contributed by atoms with E-state index in [4.69, 9.17) is 9.47 Å². The predicted molar refractivity (Wildman–Crippen MR) is 135 cm³/mol. The van der Waals surface area contributed by atoms with Crippen LogP contribution in [0.2, 0.25) is 0 Å². The molecule has 0 aliphatic carbocycles. The number of fused-ring (bicyclic) bond motifs is 1. The quantitative estimate of drug-likeness (QED) is 0.285. The molecule has 0 N–H and O–H groups in total. The number of benzene rings is 3. The van der Waals surface area contributed by atoms with E-state index in [1.807, 2.05) is 29.2 Å². The summed E-state index contributed by atoms with van der Waals surface area (Å²) < 4.78 is 40.3. The van der Waals surface area contributed by atoms with Crippen LogP contribution in [0.15, 0.2) is 107 Å². The number of hydrogen-bond acceptors (Lipinski definition) is 7. The Kier molecular flexibility index (Phi) is 6.22. The first-order chi connectivity index (χ1) is 17.4. The molecule has 8 nitrogen and oxygen atoms in total. The first-order valence-electron chi connectivity index (χ1n) is 11.0. The molecule has 36 heavy (non-hydrogen) atoms. The van der Waals surface area contributed by atoms with Gasteiger partial charge in [0.25, 0.3) is 10.0 Å². The second-order valence-corrected chi connectivity index (χ2v) is 9.52. The van der Waals surface area contributed by atoms with Crippen molar-refractivity contribution < 1.29 is 22.7 Å². The molecule has 0 atom stereocenters. The maximum Gasteiger partial charge on any atom is 0.345 e. The number of sulfonamides is 1. The molecular weight excluding hydrogens is 478 g/mol. The SMILES string of the molecule is COc1ccc(CN(C2=NS(=O)(=O)c3ccccc32)c2ccc(OC(=O)c3cccnc3)cc2)cc1. The van der Waals surface area contributed by atoms with Crippen molar-refractivity contribution in [2.45, 2.75) is 11.4 Å². The van der Waals surface area contributed by atoms with E-state index in [1.165, 1.54) is 6.20 Å². The predicted octanol–water partition coefficient (Wildman–Crippen LogP) is 4.47. The van der Waals surface area contributed by atoms with Crippen LogP contribution >= 0.6 is 0 Å². The summed E-state index contributed by atoms with van der Waals surface area (Å²) in [5.41, 5.74) is 2.47. The van der Waals surface area contributed by atoms with E-state index < -0.39 is 16.0 Å². The lowest BCUT2D eigenvalue weighted by Gasteiger charge is -2.25. The smallest absolute Gasteiger partial charge is 0.345 e. The molecule has 0 saturated heterocycles. The normalized spacial score (nSPS) is 13.4. The van der Waals surface area contributed by atoms with Crippen molar-refractivity contribution >= 4 is 27.5 Å². The Morgan fingerprint density at radius 1 is 0.889 bits per heavy atom. The largest absolute Gasteiger partial charge is 0.497 e. The van der Waals surface area contributed by atoms with Gasteiger partial charge in [0.15, 0.2) is 5.84 Å². The van der Waals surface area contributed by atoms with E-state index >= 15 is 0 Å². The van der Waals surface area contributed by atoms with Gasteiger partial charge < -0.3 is 14.4 Å². The van der Waals surface area contributed by atoms with Crippen molar-refractivity contribution in [3.63, 3.8) is 0 Å². The van der Waals surface area contributed by atoms with Crippen LogP contribution in [0, 0.1) is 0 Å². The van der Waals surface area contributed by atoms with Gasteiger partial charge in [-0.15, -0.1) is 4.40 Å². The molecule has 0 bridgehead atoms. The number of hydrogen-bond donors (Lipinski definition) is 0. The van der Waals surface area contributed by atoms with Gasteiger partial charge >= 0.3 is 5.97 Å². The fourth-order valence-electron chi connectivity index (χ4n) is 3.83. The summed E-state index contributed by atoms with van der Waals surface area (Å²) in [5.74, 6) is 0.863. The Morgan fingerprint density at radius 2 is 1.61 bits per heavy atom. The molecule has 1 aliphatic rings. The van der Waals surface area contributed by atoms with Crippen LogP contribution < -0.4 is 14.4 Å². The lowest BCUT2D eigenvalue weighted by atomic mass is 10.1. The van der Waals surface area contributed by atoms with E-state index in [-0.39, 0.29) is 4.90 Å². The van der Waals surface area contributed by atoms with Crippen LogP contribution in [-0.2, 0) is 16.6 Å². The van der Waals surface area contributed by atoms with Gasteiger partial charge in [0.2, 0.25) is 0 Å². The van der Waals surface area contributed by atoms with E-state index in [1.54, 1.807) is 74.0 Å². The molecule has 4 aromatic rings. The number of carbonyl (C=O) groups is 1. The minimum atomic E-state index is -3.81. The summed E-state index contributed by atoms with van der Waals surface area (Å²) in [5, 5.41) is 0. The van der Waals surface area contributed by atoms with Crippen LogP contribution in [0.5, 0.6) is 11.5 Å². The Bertz CT molecular complexity index is 1530. The van der Waals surface area contributed by atoms with Gasteiger partial charge in [-0.2, -0.15) is 8.42 Å². The highest BCUT2D eigenvalue weighted by atomic mass is 32.2. The third-order valence-electron chi connectivity index (χ3n) is 5.62. The number of ether oxygens (including phenoxy) is 2. The first-order valence-corrected chi connectivity index (χ1v) is 12.5. The van der Waals surface area contributed by atoms with Gasteiger partial charge in [-0.05, 0) is 66.2 Å². The van der Waals surface area contributed by atoms with Gasteiger partial charge in [0, 0.05) is 30.2 Å². The van der Waals surface area contributed by atoms with Crippen molar-refractivity contribution in [1.82, 2.24) is 4.98 Å². The molecule has 1 aliphatic heterocycles. The molecule has 5 rings (SSSR count). The summed E-state index contributed by atoms with van der Waals surface area (Å²) in [6.45, 7) is 0.349. The molecule has 0 unspecified atom stereocenters. The molecule has 0 saturated carbocycles. The number of carbonyl (C=O) groups excluding carboxylic acids is 1. The minimum Gasteiger partial charge on any atom is -0.497 e. The molecule has 1 aromatic heterocycles. The second-order valence-electron chi connectivity index (χ2n) is 7.95. The molecule has 0 amide bonds. The summed E-state index contributed by atoms with van der Waals surface area (Å²) in [4.78, 5) is 18.3. The van der Waals surface area contributed by atoms with Gasteiger partial charge in [-0.1, -0.05) is 24.3 Å². The number of amidine groups is 1. The van der Waals surface area contributed by atoms with E-state index in [9.17, 15) is 13.2 Å². The minimum absolute atomic E-state index is 0.168.